The number of para-hydroxylation sites is 1. The van der Waals surface area contributed by atoms with Gasteiger partial charge in [0.05, 0.1) is 11.0 Å². The Labute approximate surface area is 320 Å². The predicted molar refractivity (Wildman–Crippen MR) is 235 cm³/mol. The molecule has 0 N–H and O–H groups in total. The summed E-state index contributed by atoms with van der Waals surface area (Å²) in [6.07, 6.45) is 0. The molecule has 1 nitrogen and oxygen atoms in total. The first-order valence-electron chi connectivity index (χ1n) is 19.0. The lowest BCUT2D eigenvalue weighted by atomic mass is 9.95. The fourth-order valence-electron chi connectivity index (χ4n) is 8.43. The van der Waals surface area contributed by atoms with Crippen LogP contribution in [0.2, 0.25) is 0 Å². The van der Waals surface area contributed by atoms with Crippen molar-refractivity contribution in [2.45, 2.75) is 0 Å². The van der Waals surface area contributed by atoms with Crippen LogP contribution in [0, 0.1) is 0 Å². The molecule has 0 bridgehead atoms. The molecule has 0 radical (unpaired) electrons. The molecular weight excluding hydrogens is 663 g/mol. The van der Waals surface area contributed by atoms with E-state index in [0.29, 0.717) is 0 Å². The van der Waals surface area contributed by atoms with Crippen molar-refractivity contribution >= 4 is 54.1 Å². The highest BCUT2D eigenvalue weighted by Gasteiger charge is 2.14. The number of nitrogens with zero attached hydrogens (tertiary/aromatic N) is 1. The summed E-state index contributed by atoms with van der Waals surface area (Å²) in [7, 11) is 0. The Bertz CT molecular complexity index is 3240. The van der Waals surface area contributed by atoms with Crippen LogP contribution in [0.1, 0.15) is 0 Å². The lowest BCUT2D eigenvalue weighted by Crippen LogP contribution is -1.93. The minimum atomic E-state index is 1.16. The van der Waals surface area contributed by atoms with E-state index in [4.69, 9.17) is 0 Å². The SMILES string of the molecule is c1ccc2cc(-c3ccc(-n4c5ccccc5c5cc(-c6ccc(-c7ccc8cc(-c9ccc%10ccccc%10c9)ccc8c7)cc6)ccc54)cc3)ccc2c1. The summed E-state index contributed by atoms with van der Waals surface area (Å²) in [6, 6.07) is 77.8. The molecule has 1 heteroatoms. The third-order valence-electron chi connectivity index (χ3n) is 11.4. The van der Waals surface area contributed by atoms with Gasteiger partial charge in [-0.3, -0.25) is 0 Å². The van der Waals surface area contributed by atoms with Crippen LogP contribution in [0.15, 0.2) is 212 Å². The molecule has 0 fully saturated rings. The van der Waals surface area contributed by atoms with Crippen molar-refractivity contribution in [1.82, 2.24) is 4.57 Å². The molecule has 0 atom stereocenters. The van der Waals surface area contributed by atoms with E-state index in [0.717, 1.165) is 5.69 Å². The van der Waals surface area contributed by atoms with Crippen LogP contribution in [-0.2, 0) is 0 Å². The van der Waals surface area contributed by atoms with Gasteiger partial charge in [0.2, 0.25) is 0 Å². The molecule has 0 aliphatic rings. The summed E-state index contributed by atoms with van der Waals surface area (Å²) in [4.78, 5) is 0. The van der Waals surface area contributed by atoms with Gasteiger partial charge in [-0.1, -0.05) is 158 Å². The Morgan fingerprint density at radius 2 is 0.564 bits per heavy atom. The van der Waals surface area contributed by atoms with E-state index in [1.807, 2.05) is 0 Å². The van der Waals surface area contributed by atoms with Crippen LogP contribution >= 0.6 is 0 Å². The molecule has 11 rings (SSSR count). The fourth-order valence-corrected chi connectivity index (χ4v) is 8.43. The molecule has 0 aliphatic heterocycles. The largest absolute Gasteiger partial charge is 0.309 e. The second-order valence-electron chi connectivity index (χ2n) is 14.6. The molecule has 10 aromatic carbocycles. The maximum absolute atomic E-state index is 2.40. The third-order valence-corrected chi connectivity index (χ3v) is 11.4. The van der Waals surface area contributed by atoms with Crippen LogP contribution in [-0.4, -0.2) is 4.57 Å². The third kappa shape index (κ3) is 5.48. The van der Waals surface area contributed by atoms with Gasteiger partial charge in [0.1, 0.15) is 0 Å². The minimum absolute atomic E-state index is 1.16. The average molecular weight is 698 g/mol. The van der Waals surface area contributed by atoms with Crippen molar-refractivity contribution in [1.29, 1.82) is 0 Å². The first kappa shape index (κ1) is 31.3. The Morgan fingerprint density at radius 3 is 1.11 bits per heavy atom. The van der Waals surface area contributed by atoms with Gasteiger partial charge in [-0.15, -0.1) is 0 Å². The van der Waals surface area contributed by atoms with Crippen molar-refractivity contribution in [3.8, 4) is 50.2 Å². The van der Waals surface area contributed by atoms with Gasteiger partial charge >= 0.3 is 0 Å². The number of rotatable bonds is 5. The molecule has 0 saturated heterocycles. The quantitative estimate of drug-likeness (QED) is 0.169. The van der Waals surface area contributed by atoms with E-state index in [1.54, 1.807) is 0 Å². The van der Waals surface area contributed by atoms with Gasteiger partial charge in [0, 0.05) is 16.5 Å². The lowest BCUT2D eigenvalue weighted by molar-refractivity contribution is 1.18. The smallest absolute Gasteiger partial charge is 0.0541 e. The Hall–Kier alpha value is -7.22. The molecule has 55 heavy (non-hydrogen) atoms. The van der Waals surface area contributed by atoms with Crippen LogP contribution in [0.5, 0.6) is 0 Å². The second-order valence-corrected chi connectivity index (χ2v) is 14.6. The van der Waals surface area contributed by atoms with Crippen LogP contribution in [0.4, 0.5) is 0 Å². The molecular formula is C54H35N. The van der Waals surface area contributed by atoms with E-state index in [-0.39, 0.29) is 0 Å². The summed E-state index contributed by atoms with van der Waals surface area (Å²) >= 11 is 0. The van der Waals surface area contributed by atoms with E-state index >= 15 is 0 Å². The molecule has 1 heterocycles. The van der Waals surface area contributed by atoms with Gasteiger partial charge < -0.3 is 4.57 Å². The number of hydrogen-bond donors (Lipinski definition) is 0. The van der Waals surface area contributed by atoms with E-state index in [9.17, 15) is 0 Å². The molecule has 11 aromatic rings. The van der Waals surface area contributed by atoms with Crippen LogP contribution in [0.3, 0.4) is 0 Å². The maximum Gasteiger partial charge on any atom is 0.0541 e. The zero-order valence-corrected chi connectivity index (χ0v) is 30.2. The minimum Gasteiger partial charge on any atom is -0.309 e. The first-order chi connectivity index (χ1) is 27.2. The van der Waals surface area contributed by atoms with Crippen molar-refractivity contribution in [3.63, 3.8) is 0 Å². The summed E-state index contributed by atoms with van der Waals surface area (Å²) in [5, 5.41) is 10.1. The van der Waals surface area contributed by atoms with Crippen molar-refractivity contribution in [2.75, 3.05) is 0 Å². The molecule has 256 valence electrons. The highest BCUT2D eigenvalue weighted by molar-refractivity contribution is 6.10. The Kier molecular flexibility index (Phi) is 7.25. The fraction of sp³-hybridized carbons (Fsp3) is 0. The van der Waals surface area contributed by atoms with Gasteiger partial charge in [-0.2, -0.15) is 0 Å². The zero-order valence-electron chi connectivity index (χ0n) is 30.2. The first-order valence-corrected chi connectivity index (χ1v) is 19.0. The zero-order chi connectivity index (χ0) is 36.3. The number of benzene rings is 10. The van der Waals surface area contributed by atoms with Gasteiger partial charge in [-0.25, -0.2) is 0 Å². The maximum atomic E-state index is 2.40. The van der Waals surface area contributed by atoms with Crippen LogP contribution in [0.25, 0.3) is 104 Å². The van der Waals surface area contributed by atoms with Crippen molar-refractivity contribution in [3.05, 3.63) is 212 Å². The van der Waals surface area contributed by atoms with Crippen LogP contribution < -0.4 is 0 Å². The monoisotopic (exact) mass is 697 g/mol. The number of aromatic nitrogens is 1. The molecule has 1 aromatic heterocycles. The van der Waals surface area contributed by atoms with Gasteiger partial charge in [0.15, 0.2) is 0 Å². The molecule has 0 saturated carbocycles. The van der Waals surface area contributed by atoms with Crippen molar-refractivity contribution < 1.29 is 0 Å². The molecule has 0 spiro atoms. The summed E-state index contributed by atoms with van der Waals surface area (Å²) in [5.41, 5.74) is 13.4. The second kappa shape index (κ2) is 12.7. The molecule has 0 aliphatic carbocycles. The highest BCUT2D eigenvalue weighted by Crippen LogP contribution is 2.37. The predicted octanol–water partition coefficient (Wildman–Crippen LogP) is 14.9. The van der Waals surface area contributed by atoms with E-state index < -0.39 is 0 Å². The standard InChI is InChI=1S/C54H35N/c1-3-9-41-31-43(19-17-36(41)7-1)40-25-28-50(29-26-40)55-53-12-6-5-11-51(53)52-35-49(27-30-54(52)55)39-15-13-38(14-16-39)44-21-22-47-34-48(24-23-46(47)33-44)45-20-18-37-8-2-4-10-42(37)32-45/h1-35H. The van der Waals surface area contributed by atoms with E-state index in [1.165, 1.54) is 98.6 Å². The number of fused-ring (bicyclic) bond motifs is 6. The lowest BCUT2D eigenvalue weighted by Gasteiger charge is -2.11. The normalized spacial score (nSPS) is 11.6. The average Bonchev–Trinajstić information content (AvgIpc) is 3.59. The highest BCUT2D eigenvalue weighted by atomic mass is 15.0. The van der Waals surface area contributed by atoms with E-state index in [2.05, 4.69) is 217 Å². The summed E-state index contributed by atoms with van der Waals surface area (Å²) in [5.74, 6) is 0. The molecule has 0 unspecified atom stereocenters. The topological polar surface area (TPSA) is 4.93 Å². The number of hydrogen-bond acceptors (Lipinski definition) is 0. The van der Waals surface area contributed by atoms with Gasteiger partial charge in [0.25, 0.3) is 0 Å². The summed E-state index contributed by atoms with van der Waals surface area (Å²) in [6.45, 7) is 0. The Morgan fingerprint density at radius 1 is 0.218 bits per heavy atom. The Balaban J connectivity index is 0.892. The molecule has 0 amide bonds. The van der Waals surface area contributed by atoms with Gasteiger partial charge in [-0.05, 0) is 131 Å². The van der Waals surface area contributed by atoms with Crippen molar-refractivity contribution in [2.24, 2.45) is 0 Å². The summed E-state index contributed by atoms with van der Waals surface area (Å²) < 4.78 is 2.40.